The molecule has 2 aromatic rings. The maximum absolute atomic E-state index is 12.4. The molecule has 8 heteroatoms. The number of hydrogen-bond acceptors (Lipinski definition) is 6. The molecule has 1 aliphatic carbocycles. The summed E-state index contributed by atoms with van der Waals surface area (Å²) in [6, 6.07) is 9.04. The average Bonchev–Trinajstić information content (AvgIpc) is 3.14. The SMILES string of the molecule is O=C(Nc1nncc(-c2ccccc2)n1)N[C@@H]1CCCCC12OCCO2. The van der Waals surface area contributed by atoms with Gasteiger partial charge in [-0.3, -0.25) is 5.32 Å². The zero-order chi connectivity index (χ0) is 17.8. The molecular weight excluding hydrogens is 334 g/mol. The van der Waals surface area contributed by atoms with Crippen LogP contribution in [0.2, 0.25) is 0 Å². The lowest BCUT2D eigenvalue weighted by Crippen LogP contribution is -2.56. The van der Waals surface area contributed by atoms with E-state index in [-0.39, 0.29) is 18.0 Å². The summed E-state index contributed by atoms with van der Waals surface area (Å²) in [4.78, 5) is 16.8. The Balaban J connectivity index is 1.43. The lowest BCUT2D eigenvalue weighted by Gasteiger charge is -2.39. The van der Waals surface area contributed by atoms with Crippen LogP contribution < -0.4 is 10.6 Å². The summed E-state index contributed by atoms with van der Waals surface area (Å²) in [7, 11) is 0. The molecule has 0 unspecified atom stereocenters. The molecule has 1 atom stereocenters. The van der Waals surface area contributed by atoms with Crippen LogP contribution in [-0.4, -0.2) is 46.3 Å². The maximum atomic E-state index is 12.4. The van der Waals surface area contributed by atoms with E-state index in [9.17, 15) is 4.79 Å². The number of carbonyl (C=O) groups excluding carboxylic acids is 1. The molecule has 136 valence electrons. The standard InChI is InChI=1S/C18H21N5O3/c24-17(21-15-8-4-5-9-18(15)25-10-11-26-18)22-16-20-14(12-19-23-16)13-6-2-1-3-7-13/h1-3,6-7,12,15H,4-5,8-11H2,(H2,20,21,22,23,24)/t15-/m1/s1. The van der Waals surface area contributed by atoms with Gasteiger partial charge < -0.3 is 14.8 Å². The highest BCUT2D eigenvalue weighted by Crippen LogP contribution is 2.36. The molecule has 0 radical (unpaired) electrons. The molecule has 2 fully saturated rings. The fraction of sp³-hybridized carbons (Fsp3) is 0.444. The van der Waals surface area contributed by atoms with Crippen molar-refractivity contribution in [3.63, 3.8) is 0 Å². The van der Waals surface area contributed by atoms with Crippen LogP contribution in [0, 0.1) is 0 Å². The van der Waals surface area contributed by atoms with Crippen molar-refractivity contribution in [2.24, 2.45) is 0 Å². The molecule has 1 aliphatic heterocycles. The topological polar surface area (TPSA) is 98.3 Å². The normalized spacial score (nSPS) is 21.5. The highest BCUT2D eigenvalue weighted by Gasteiger charge is 2.46. The summed E-state index contributed by atoms with van der Waals surface area (Å²) in [5.41, 5.74) is 1.55. The second kappa shape index (κ2) is 7.35. The van der Waals surface area contributed by atoms with Crippen LogP contribution in [0.25, 0.3) is 11.3 Å². The van der Waals surface area contributed by atoms with Gasteiger partial charge in [0.2, 0.25) is 0 Å². The van der Waals surface area contributed by atoms with Crippen molar-refractivity contribution in [2.75, 3.05) is 18.5 Å². The Morgan fingerprint density at radius 1 is 1.15 bits per heavy atom. The molecule has 2 N–H and O–H groups in total. The Kier molecular flexibility index (Phi) is 4.77. The molecule has 1 aromatic carbocycles. The number of anilines is 1. The first-order valence-electron chi connectivity index (χ1n) is 8.86. The number of hydrogen-bond donors (Lipinski definition) is 2. The van der Waals surface area contributed by atoms with Crippen LogP contribution in [0.1, 0.15) is 25.7 Å². The van der Waals surface area contributed by atoms with E-state index in [0.29, 0.717) is 18.9 Å². The monoisotopic (exact) mass is 355 g/mol. The fourth-order valence-electron chi connectivity index (χ4n) is 3.51. The van der Waals surface area contributed by atoms with Crippen molar-refractivity contribution < 1.29 is 14.3 Å². The lowest BCUT2D eigenvalue weighted by atomic mass is 9.89. The minimum Gasteiger partial charge on any atom is -0.346 e. The van der Waals surface area contributed by atoms with Crippen molar-refractivity contribution in [3.8, 4) is 11.3 Å². The van der Waals surface area contributed by atoms with E-state index in [2.05, 4.69) is 25.8 Å². The van der Waals surface area contributed by atoms with Gasteiger partial charge >= 0.3 is 6.03 Å². The maximum Gasteiger partial charge on any atom is 0.322 e. The molecule has 2 amide bonds. The molecule has 1 saturated heterocycles. The number of amides is 2. The molecular formula is C18H21N5O3. The van der Waals surface area contributed by atoms with Gasteiger partial charge in [-0.15, -0.1) is 5.10 Å². The number of nitrogens with one attached hydrogen (secondary N) is 2. The smallest absolute Gasteiger partial charge is 0.322 e. The van der Waals surface area contributed by atoms with Crippen molar-refractivity contribution in [3.05, 3.63) is 36.5 Å². The number of ether oxygens (including phenoxy) is 2. The van der Waals surface area contributed by atoms with Crippen LogP contribution in [-0.2, 0) is 9.47 Å². The molecule has 1 aromatic heterocycles. The molecule has 4 rings (SSSR count). The minimum atomic E-state index is -0.694. The molecule has 1 saturated carbocycles. The van der Waals surface area contributed by atoms with Gasteiger partial charge in [0, 0.05) is 12.0 Å². The van der Waals surface area contributed by atoms with E-state index in [0.717, 1.165) is 31.2 Å². The van der Waals surface area contributed by atoms with E-state index in [1.165, 1.54) is 0 Å². The minimum absolute atomic E-state index is 0.155. The van der Waals surface area contributed by atoms with Crippen LogP contribution in [0.3, 0.4) is 0 Å². The first kappa shape index (κ1) is 16.9. The number of benzene rings is 1. The number of rotatable bonds is 3. The van der Waals surface area contributed by atoms with Crippen LogP contribution in [0.15, 0.2) is 36.5 Å². The summed E-state index contributed by atoms with van der Waals surface area (Å²) in [5, 5.41) is 13.4. The van der Waals surface area contributed by atoms with Gasteiger partial charge in [0.25, 0.3) is 5.95 Å². The van der Waals surface area contributed by atoms with E-state index in [1.807, 2.05) is 30.3 Å². The van der Waals surface area contributed by atoms with Gasteiger partial charge in [0.05, 0.1) is 31.1 Å². The van der Waals surface area contributed by atoms with Gasteiger partial charge in [-0.2, -0.15) is 5.10 Å². The van der Waals surface area contributed by atoms with Crippen molar-refractivity contribution >= 4 is 12.0 Å². The summed E-state index contributed by atoms with van der Waals surface area (Å²) in [6.45, 7) is 1.12. The van der Waals surface area contributed by atoms with Crippen molar-refractivity contribution in [2.45, 2.75) is 37.5 Å². The van der Waals surface area contributed by atoms with E-state index >= 15 is 0 Å². The molecule has 0 bridgehead atoms. The predicted molar refractivity (Wildman–Crippen MR) is 94.3 cm³/mol. The molecule has 2 aliphatic rings. The third-order valence-corrected chi connectivity index (χ3v) is 4.73. The molecule has 26 heavy (non-hydrogen) atoms. The van der Waals surface area contributed by atoms with E-state index in [1.54, 1.807) is 6.20 Å². The van der Waals surface area contributed by atoms with Gasteiger partial charge in [-0.05, 0) is 12.8 Å². The van der Waals surface area contributed by atoms with Gasteiger partial charge in [-0.25, -0.2) is 9.78 Å². The highest BCUT2D eigenvalue weighted by molar-refractivity contribution is 5.87. The largest absolute Gasteiger partial charge is 0.346 e. The van der Waals surface area contributed by atoms with Gasteiger partial charge in [0.15, 0.2) is 5.79 Å². The second-order valence-corrected chi connectivity index (χ2v) is 6.44. The fourth-order valence-corrected chi connectivity index (χ4v) is 3.51. The van der Waals surface area contributed by atoms with Gasteiger partial charge in [0.1, 0.15) is 0 Å². The average molecular weight is 355 g/mol. The Morgan fingerprint density at radius 2 is 1.96 bits per heavy atom. The first-order chi connectivity index (χ1) is 12.8. The van der Waals surface area contributed by atoms with Crippen LogP contribution in [0.4, 0.5) is 10.7 Å². The molecule has 2 heterocycles. The first-order valence-corrected chi connectivity index (χ1v) is 8.86. The van der Waals surface area contributed by atoms with Crippen molar-refractivity contribution in [1.29, 1.82) is 0 Å². The Labute approximate surface area is 151 Å². The third kappa shape index (κ3) is 3.51. The molecule has 8 nitrogen and oxygen atoms in total. The zero-order valence-corrected chi connectivity index (χ0v) is 14.4. The summed E-state index contributed by atoms with van der Waals surface area (Å²) in [6.07, 6.45) is 5.23. The predicted octanol–water partition coefficient (Wildman–Crippen LogP) is 2.35. The third-order valence-electron chi connectivity index (χ3n) is 4.73. The van der Waals surface area contributed by atoms with Gasteiger partial charge in [-0.1, -0.05) is 36.8 Å². The lowest BCUT2D eigenvalue weighted by molar-refractivity contribution is -0.192. The van der Waals surface area contributed by atoms with Crippen LogP contribution >= 0.6 is 0 Å². The van der Waals surface area contributed by atoms with Crippen molar-refractivity contribution in [1.82, 2.24) is 20.5 Å². The summed E-state index contributed by atoms with van der Waals surface area (Å²) in [5.74, 6) is -0.539. The van der Waals surface area contributed by atoms with Crippen LogP contribution in [0.5, 0.6) is 0 Å². The number of nitrogens with zero attached hydrogens (tertiary/aromatic N) is 3. The Hall–Kier alpha value is -2.58. The zero-order valence-electron chi connectivity index (χ0n) is 14.4. The quantitative estimate of drug-likeness (QED) is 0.877. The number of aromatic nitrogens is 3. The second-order valence-electron chi connectivity index (χ2n) is 6.44. The Morgan fingerprint density at radius 3 is 2.77 bits per heavy atom. The number of carbonyl (C=O) groups is 1. The molecule has 1 spiro atoms. The number of urea groups is 1. The van der Waals surface area contributed by atoms with E-state index < -0.39 is 5.79 Å². The summed E-state index contributed by atoms with van der Waals surface area (Å²) < 4.78 is 11.6. The summed E-state index contributed by atoms with van der Waals surface area (Å²) >= 11 is 0. The highest BCUT2D eigenvalue weighted by atomic mass is 16.7. The Bertz CT molecular complexity index is 764. The van der Waals surface area contributed by atoms with E-state index in [4.69, 9.17) is 9.47 Å².